The molecule has 1 aliphatic rings. The minimum atomic E-state index is -0.139. The molecule has 0 radical (unpaired) electrons. The number of hydrogen-bond acceptors (Lipinski definition) is 3. The smallest absolute Gasteiger partial charge is 0.319 e. The molecule has 21 heavy (non-hydrogen) atoms. The van der Waals surface area contributed by atoms with Gasteiger partial charge < -0.3 is 15.4 Å². The highest BCUT2D eigenvalue weighted by Crippen LogP contribution is 2.13. The van der Waals surface area contributed by atoms with Crippen molar-refractivity contribution in [3.05, 3.63) is 29.3 Å². The normalized spacial score (nSPS) is 15.7. The zero-order chi connectivity index (χ0) is 15.1. The molecule has 0 unspecified atom stereocenters. The number of carbonyl (C=O) groups excluding carboxylic acids is 1. The monoisotopic (exact) mass is 291 g/mol. The Morgan fingerprint density at radius 3 is 2.71 bits per heavy atom. The fourth-order valence-electron chi connectivity index (χ4n) is 2.32. The van der Waals surface area contributed by atoms with Crippen LogP contribution in [0.5, 0.6) is 0 Å². The van der Waals surface area contributed by atoms with Gasteiger partial charge in [0.05, 0.1) is 13.2 Å². The lowest BCUT2D eigenvalue weighted by molar-refractivity contribution is 0.0375. The number of urea groups is 1. The van der Waals surface area contributed by atoms with Crippen LogP contribution in [0.25, 0.3) is 0 Å². The Bertz CT molecular complexity index is 471. The van der Waals surface area contributed by atoms with Crippen LogP contribution in [0.15, 0.2) is 18.2 Å². The highest BCUT2D eigenvalue weighted by atomic mass is 16.5. The third-order valence-corrected chi connectivity index (χ3v) is 3.81. The van der Waals surface area contributed by atoms with E-state index >= 15 is 0 Å². The van der Waals surface area contributed by atoms with Crippen LogP contribution in [0, 0.1) is 13.8 Å². The first-order valence-corrected chi connectivity index (χ1v) is 7.57. The summed E-state index contributed by atoms with van der Waals surface area (Å²) >= 11 is 0. The lowest BCUT2D eigenvalue weighted by Gasteiger charge is -2.26. The summed E-state index contributed by atoms with van der Waals surface area (Å²) in [5.74, 6) is 0. The Morgan fingerprint density at radius 1 is 1.24 bits per heavy atom. The van der Waals surface area contributed by atoms with Crippen molar-refractivity contribution in [1.82, 2.24) is 10.2 Å². The summed E-state index contributed by atoms with van der Waals surface area (Å²) in [7, 11) is 0. The standard InChI is InChI=1S/C16H25N3O2/c1-13-4-5-15(12-14(13)2)18-16(20)17-6-3-7-19-8-10-21-11-9-19/h4-5,12H,3,6-11H2,1-2H3,(H2,17,18,20). The minimum Gasteiger partial charge on any atom is -0.379 e. The first-order chi connectivity index (χ1) is 10.1. The van der Waals surface area contributed by atoms with Crippen molar-refractivity contribution in [1.29, 1.82) is 0 Å². The Balaban J connectivity index is 1.63. The van der Waals surface area contributed by atoms with Crippen LogP contribution in [-0.2, 0) is 4.74 Å². The number of aryl methyl sites for hydroxylation is 2. The van der Waals surface area contributed by atoms with E-state index in [4.69, 9.17) is 4.74 Å². The average Bonchev–Trinajstić information content (AvgIpc) is 2.49. The molecule has 1 heterocycles. The van der Waals surface area contributed by atoms with Gasteiger partial charge in [0.15, 0.2) is 0 Å². The zero-order valence-corrected chi connectivity index (χ0v) is 12.9. The number of rotatable bonds is 5. The minimum absolute atomic E-state index is 0.139. The molecule has 1 fully saturated rings. The molecule has 1 aromatic rings. The quantitative estimate of drug-likeness (QED) is 0.817. The molecule has 0 bridgehead atoms. The fraction of sp³-hybridized carbons (Fsp3) is 0.562. The highest BCUT2D eigenvalue weighted by molar-refractivity contribution is 5.89. The van der Waals surface area contributed by atoms with Crippen LogP contribution in [0.4, 0.5) is 10.5 Å². The van der Waals surface area contributed by atoms with Gasteiger partial charge in [-0.25, -0.2) is 4.79 Å². The summed E-state index contributed by atoms with van der Waals surface area (Å²) in [5.41, 5.74) is 3.25. The molecule has 5 nitrogen and oxygen atoms in total. The molecule has 0 atom stereocenters. The van der Waals surface area contributed by atoms with E-state index in [2.05, 4.69) is 22.5 Å². The highest BCUT2D eigenvalue weighted by Gasteiger charge is 2.09. The Hall–Kier alpha value is -1.59. The molecule has 116 valence electrons. The van der Waals surface area contributed by atoms with E-state index in [0.29, 0.717) is 6.54 Å². The average molecular weight is 291 g/mol. The SMILES string of the molecule is Cc1ccc(NC(=O)NCCCN2CCOCC2)cc1C. The summed E-state index contributed by atoms with van der Waals surface area (Å²) in [4.78, 5) is 14.2. The van der Waals surface area contributed by atoms with Crippen molar-refractivity contribution in [3.63, 3.8) is 0 Å². The van der Waals surface area contributed by atoms with Gasteiger partial charge in [0.2, 0.25) is 0 Å². The number of nitrogens with one attached hydrogen (secondary N) is 2. The van der Waals surface area contributed by atoms with Crippen molar-refractivity contribution in [3.8, 4) is 0 Å². The summed E-state index contributed by atoms with van der Waals surface area (Å²) in [6.07, 6.45) is 0.959. The van der Waals surface area contributed by atoms with Crippen molar-refractivity contribution < 1.29 is 9.53 Å². The van der Waals surface area contributed by atoms with E-state index in [1.165, 1.54) is 11.1 Å². The van der Waals surface area contributed by atoms with E-state index in [9.17, 15) is 4.79 Å². The van der Waals surface area contributed by atoms with E-state index in [-0.39, 0.29) is 6.03 Å². The molecular weight excluding hydrogens is 266 g/mol. The van der Waals surface area contributed by atoms with Crippen LogP contribution >= 0.6 is 0 Å². The third-order valence-electron chi connectivity index (χ3n) is 3.81. The number of carbonyl (C=O) groups is 1. The van der Waals surface area contributed by atoms with Gasteiger partial charge in [0.1, 0.15) is 0 Å². The van der Waals surface area contributed by atoms with Crippen molar-refractivity contribution in [2.24, 2.45) is 0 Å². The molecule has 2 amide bonds. The Kier molecular flexibility index (Phi) is 6.02. The first kappa shape index (κ1) is 15.8. The lowest BCUT2D eigenvalue weighted by atomic mass is 10.1. The number of amides is 2. The predicted octanol–water partition coefficient (Wildman–Crippen LogP) is 2.15. The molecule has 0 spiro atoms. The molecule has 1 aromatic carbocycles. The van der Waals surface area contributed by atoms with Crippen molar-refractivity contribution in [2.75, 3.05) is 44.7 Å². The molecule has 0 aliphatic carbocycles. The predicted molar refractivity (Wildman–Crippen MR) is 84.8 cm³/mol. The van der Waals surface area contributed by atoms with Gasteiger partial charge in [-0.3, -0.25) is 4.90 Å². The van der Waals surface area contributed by atoms with Crippen LogP contribution in [-0.4, -0.2) is 50.3 Å². The molecule has 1 saturated heterocycles. The topological polar surface area (TPSA) is 53.6 Å². The second-order valence-electron chi connectivity index (χ2n) is 5.49. The van der Waals surface area contributed by atoms with Crippen LogP contribution in [0.2, 0.25) is 0 Å². The maximum Gasteiger partial charge on any atom is 0.319 e. The summed E-state index contributed by atoms with van der Waals surface area (Å²) < 4.78 is 5.31. The number of morpholine rings is 1. The van der Waals surface area contributed by atoms with Crippen LogP contribution in [0.1, 0.15) is 17.5 Å². The van der Waals surface area contributed by atoms with Gasteiger partial charge >= 0.3 is 6.03 Å². The van der Waals surface area contributed by atoms with E-state index in [1.807, 2.05) is 25.1 Å². The molecule has 2 N–H and O–H groups in total. The van der Waals surface area contributed by atoms with Gasteiger partial charge in [-0.1, -0.05) is 6.07 Å². The van der Waals surface area contributed by atoms with E-state index in [1.54, 1.807) is 0 Å². The Morgan fingerprint density at radius 2 is 2.00 bits per heavy atom. The van der Waals surface area contributed by atoms with Gasteiger partial charge in [0.25, 0.3) is 0 Å². The van der Waals surface area contributed by atoms with E-state index < -0.39 is 0 Å². The lowest BCUT2D eigenvalue weighted by Crippen LogP contribution is -2.38. The second kappa shape index (κ2) is 8.00. The molecule has 2 rings (SSSR count). The number of nitrogens with zero attached hydrogens (tertiary/aromatic N) is 1. The number of ether oxygens (including phenoxy) is 1. The first-order valence-electron chi connectivity index (χ1n) is 7.57. The molecule has 0 aromatic heterocycles. The van der Waals surface area contributed by atoms with Crippen molar-refractivity contribution in [2.45, 2.75) is 20.3 Å². The molecule has 0 saturated carbocycles. The molecule has 1 aliphatic heterocycles. The van der Waals surface area contributed by atoms with Crippen LogP contribution < -0.4 is 10.6 Å². The summed E-state index contributed by atoms with van der Waals surface area (Å²) in [6, 6.07) is 5.79. The van der Waals surface area contributed by atoms with Crippen molar-refractivity contribution >= 4 is 11.7 Å². The number of benzene rings is 1. The molecule has 5 heteroatoms. The fourth-order valence-corrected chi connectivity index (χ4v) is 2.32. The zero-order valence-electron chi connectivity index (χ0n) is 12.9. The summed E-state index contributed by atoms with van der Waals surface area (Å²) in [5, 5.41) is 5.76. The maximum atomic E-state index is 11.8. The number of hydrogen-bond donors (Lipinski definition) is 2. The molecular formula is C16H25N3O2. The van der Waals surface area contributed by atoms with Gasteiger partial charge in [-0.2, -0.15) is 0 Å². The summed E-state index contributed by atoms with van der Waals surface area (Å²) in [6.45, 7) is 9.43. The van der Waals surface area contributed by atoms with Gasteiger partial charge in [0, 0.05) is 25.3 Å². The second-order valence-corrected chi connectivity index (χ2v) is 5.49. The largest absolute Gasteiger partial charge is 0.379 e. The third kappa shape index (κ3) is 5.36. The van der Waals surface area contributed by atoms with Gasteiger partial charge in [-0.05, 0) is 50.1 Å². The maximum absolute atomic E-state index is 11.8. The Labute approximate surface area is 126 Å². The van der Waals surface area contributed by atoms with Crippen LogP contribution in [0.3, 0.4) is 0 Å². The van der Waals surface area contributed by atoms with Gasteiger partial charge in [-0.15, -0.1) is 0 Å². The van der Waals surface area contributed by atoms with E-state index in [0.717, 1.165) is 45.0 Å². The number of anilines is 1.